The number of ether oxygens (including phenoxy) is 1. The molecule has 0 fully saturated rings. The largest absolute Gasteiger partial charge is 0.497 e. The van der Waals surface area contributed by atoms with Crippen molar-refractivity contribution in [1.82, 2.24) is 9.47 Å². The van der Waals surface area contributed by atoms with Gasteiger partial charge in [0.2, 0.25) is 5.91 Å². The zero-order valence-electron chi connectivity index (χ0n) is 18.8. The minimum absolute atomic E-state index is 0.0487. The van der Waals surface area contributed by atoms with Crippen LogP contribution in [0.1, 0.15) is 33.2 Å². The van der Waals surface area contributed by atoms with Crippen molar-refractivity contribution in [1.29, 1.82) is 0 Å². The molecule has 0 spiro atoms. The first kappa shape index (κ1) is 20.8. The highest BCUT2D eigenvalue weighted by Gasteiger charge is 2.40. The van der Waals surface area contributed by atoms with Crippen molar-refractivity contribution in [3.05, 3.63) is 95.2 Å². The van der Waals surface area contributed by atoms with Crippen LogP contribution < -0.4 is 10.1 Å². The highest BCUT2D eigenvalue weighted by molar-refractivity contribution is 6.04. The lowest BCUT2D eigenvalue weighted by atomic mass is 9.95. The second-order valence-electron chi connectivity index (χ2n) is 8.27. The summed E-state index contributed by atoms with van der Waals surface area (Å²) in [5.74, 6) is 0.335. The maximum atomic E-state index is 13.4. The summed E-state index contributed by atoms with van der Waals surface area (Å²) in [4.78, 5) is 28.1. The van der Waals surface area contributed by atoms with E-state index in [0.717, 1.165) is 27.7 Å². The van der Waals surface area contributed by atoms with Crippen molar-refractivity contribution in [2.24, 2.45) is 7.05 Å². The van der Waals surface area contributed by atoms with E-state index in [0.29, 0.717) is 17.0 Å². The van der Waals surface area contributed by atoms with Crippen molar-refractivity contribution >= 4 is 28.4 Å². The van der Waals surface area contributed by atoms with E-state index in [1.807, 2.05) is 43.4 Å². The van der Waals surface area contributed by atoms with Crippen LogP contribution in [0.5, 0.6) is 5.75 Å². The molecular weight excluding hydrogens is 414 g/mol. The molecule has 33 heavy (non-hydrogen) atoms. The Balaban J connectivity index is 1.53. The zero-order chi connectivity index (χ0) is 23.1. The first-order valence-electron chi connectivity index (χ1n) is 10.9. The number of rotatable bonds is 5. The van der Waals surface area contributed by atoms with Crippen LogP contribution in [0.25, 0.3) is 10.9 Å². The number of benzene rings is 3. The van der Waals surface area contributed by atoms with Crippen LogP contribution in [0.3, 0.4) is 0 Å². The van der Waals surface area contributed by atoms with Crippen LogP contribution >= 0.6 is 0 Å². The Morgan fingerprint density at radius 1 is 1.00 bits per heavy atom. The molecule has 1 aliphatic rings. The number of hydrogen-bond acceptors (Lipinski definition) is 3. The SMILES string of the molecule is COc1ccc(NC(=O)CN2C(=O)c3ccccc3[C@@H]2c2c(C)n(C)c3ccccc23)cc1. The summed E-state index contributed by atoms with van der Waals surface area (Å²) in [6, 6.07) is 22.6. The van der Waals surface area contributed by atoms with E-state index in [-0.39, 0.29) is 24.4 Å². The molecule has 1 N–H and O–H groups in total. The zero-order valence-corrected chi connectivity index (χ0v) is 18.8. The molecule has 1 atom stereocenters. The molecule has 6 heteroatoms. The number of hydrogen-bond donors (Lipinski definition) is 1. The number of methoxy groups -OCH3 is 1. The maximum absolute atomic E-state index is 13.4. The van der Waals surface area contributed by atoms with Gasteiger partial charge in [0.25, 0.3) is 5.91 Å². The third kappa shape index (κ3) is 3.44. The molecule has 4 aromatic rings. The first-order valence-corrected chi connectivity index (χ1v) is 10.9. The first-order chi connectivity index (χ1) is 16.0. The van der Waals surface area contributed by atoms with Crippen molar-refractivity contribution < 1.29 is 14.3 Å². The van der Waals surface area contributed by atoms with Crippen LogP contribution in [0.15, 0.2) is 72.8 Å². The van der Waals surface area contributed by atoms with Gasteiger partial charge in [0.1, 0.15) is 12.3 Å². The molecule has 2 amide bonds. The minimum Gasteiger partial charge on any atom is -0.497 e. The van der Waals surface area contributed by atoms with Crippen LogP contribution in [-0.2, 0) is 11.8 Å². The smallest absolute Gasteiger partial charge is 0.255 e. The summed E-state index contributed by atoms with van der Waals surface area (Å²) < 4.78 is 7.32. The highest BCUT2D eigenvalue weighted by atomic mass is 16.5. The fourth-order valence-corrected chi connectivity index (χ4v) is 4.77. The summed E-state index contributed by atoms with van der Waals surface area (Å²) in [5.41, 5.74) is 5.47. The van der Waals surface area contributed by atoms with Crippen LogP contribution in [0.4, 0.5) is 5.69 Å². The molecule has 0 unspecified atom stereocenters. The normalized spacial score (nSPS) is 15.1. The third-order valence-corrected chi connectivity index (χ3v) is 6.47. The average Bonchev–Trinajstić information content (AvgIpc) is 3.25. The molecule has 6 nitrogen and oxygen atoms in total. The number of aromatic nitrogens is 1. The van der Waals surface area contributed by atoms with Gasteiger partial charge in [-0.1, -0.05) is 36.4 Å². The lowest BCUT2D eigenvalue weighted by Crippen LogP contribution is -2.36. The molecule has 0 aliphatic carbocycles. The van der Waals surface area contributed by atoms with Crippen LogP contribution in [0, 0.1) is 6.92 Å². The predicted molar refractivity (Wildman–Crippen MR) is 129 cm³/mol. The molecule has 1 aliphatic heterocycles. The molecule has 0 radical (unpaired) electrons. The van der Waals surface area contributed by atoms with Gasteiger partial charge in [-0.15, -0.1) is 0 Å². The molecule has 0 saturated carbocycles. The Kier molecular flexibility index (Phi) is 5.13. The fraction of sp³-hybridized carbons (Fsp3) is 0.185. The number of anilines is 1. The summed E-state index contributed by atoms with van der Waals surface area (Å²) in [7, 11) is 3.63. The van der Waals surface area contributed by atoms with Gasteiger partial charge in [0.15, 0.2) is 0 Å². The third-order valence-electron chi connectivity index (χ3n) is 6.47. The van der Waals surface area contributed by atoms with E-state index in [1.54, 1.807) is 36.3 Å². The molecule has 2 heterocycles. The average molecular weight is 440 g/mol. The molecule has 1 aromatic heterocycles. The number of fused-ring (bicyclic) bond motifs is 2. The molecule has 166 valence electrons. The van der Waals surface area contributed by atoms with Crippen molar-refractivity contribution in [2.45, 2.75) is 13.0 Å². The van der Waals surface area contributed by atoms with E-state index in [2.05, 4.69) is 28.9 Å². The van der Waals surface area contributed by atoms with E-state index in [9.17, 15) is 9.59 Å². The lowest BCUT2D eigenvalue weighted by Gasteiger charge is -2.26. The van der Waals surface area contributed by atoms with Gasteiger partial charge in [0.05, 0.1) is 13.2 Å². The van der Waals surface area contributed by atoms with Gasteiger partial charge in [-0.3, -0.25) is 9.59 Å². The monoisotopic (exact) mass is 439 g/mol. The Hall–Kier alpha value is -4.06. The van der Waals surface area contributed by atoms with Crippen molar-refractivity contribution in [2.75, 3.05) is 19.0 Å². The van der Waals surface area contributed by atoms with E-state index >= 15 is 0 Å². The van der Waals surface area contributed by atoms with Gasteiger partial charge in [0, 0.05) is 40.5 Å². The second kappa shape index (κ2) is 8.13. The van der Waals surface area contributed by atoms with E-state index in [1.165, 1.54) is 0 Å². The molecule has 0 bridgehead atoms. The molecule has 0 saturated heterocycles. The number of carbonyl (C=O) groups excluding carboxylic acids is 2. The quantitative estimate of drug-likeness (QED) is 0.491. The van der Waals surface area contributed by atoms with Crippen molar-refractivity contribution in [3.63, 3.8) is 0 Å². The number of nitrogens with one attached hydrogen (secondary N) is 1. The van der Waals surface area contributed by atoms with Gasteiger partial charge in [-0.2, -0.15) is 0 Å². The Labute approximate surface area is 192 Å². The standard InChI is InChI=1S/C27H25N3O3/c1-17-25(22-10-6-7-11-23(22)29(17)2)26-20-8-4-5-9-21(20)27(32)30(26)16-24(31)28-18-12-14-19(33-3)15-13-18/h4-15,26H,16H2,1-3H3,(H,28,31)/t26-/m1/s1. The second-order valence-corrected chi connectivity index (χ2v) is 8.27. The van der Waals surface area contributed by atoms with Crippen molar-refractivity contribution in [3.8, 4) is 5.75 Å². The van der Waals surface area contributed by atoms with Crippen LogP contribution in [-0.4, -0.2) is 34.9 Å². The Morgan fingerprint density at radius 2 is 1.70 bits per heavy atom. The van der Waals surface area contributed by atoms with E-state index in [4.69, 9.17) is 4.74 Å². The summed E-state index contributed by atoms with van der Waals surface area (Å²) >= 11 is 0. The van der Waals surface area contributed by atoms with Gasteiger partial charge in [-0.25, -0.2) is 0 Å². The van der Waals surface area contributed by atoms with Gasteiger partial charge in [-0.05, 0) is 48.9 Å². The predicted octanol–water partition coefficient (Wildman–Crippen LogP) is 4.68. The summed E-state index contributed by atoms with van der Waals surface area (Å²) in [5, 5.41) is 3.99. The number of aryl methyl sites for hydroxylation is 1. The highest BCUT2D eigenvalue weighted by Crippen LogP contribution is 2.43. The molecule has 3 aromatic carbocycles. The summed E-state index contributed by atoms with van der Waals surface area (Å²) in [6.45, 7) is 2.02. The van der Waals surface area contributed by atoms with E-state index < -0.39 is 0 Å². The minimum atomic E-state index is -0.332. The maximum Gasteiger partial charge on any atom is 0.255 e. The van der Waals surface area contributed by atoms with Crippen LogP contribution in [0.2, 0.25) is 0 Å². The Morgan fingerprint density at radius 3 is 2.45 bits per heavy atom. The number of amides is 2. The molecule has 5 rings (SSSR count). The lowest BCUT2D eigenvalue weighted by molar-refractivity contribution is -0.117. The fourth-order valence-electron chi connectivity index (χ4n) is 4.77. The van der Waals surface area contributed by atoms with Gasteiger partial charge >= 0.3 is 0 Å². The number of para-hydroxylation sites is 1. The number of carbonyl (C=O) groups is 2. The Bertz CT molecular complexity index is 1370. The topological polar surface area (TPSA) is 63.6 Å². The van der Waals surface area contributed by atoms with Gasteiger partial charge < -0.3 is 19.5 Å². The summed E-state index contributed by atoms with van der Waals surface area (Å²) in [6.07, 6.45) is 0. The number of nitrogens with zero attached hydrogens (tertiary/aromatic N) is 2. The molecular formula is C27H25N3O3.